The zero-order valence-electron chi connectivity index (χ0n) is 13.8. The van der Waals surface area contributed by atoms with E-state index < -0.39 is 6.36 Å². The lowest BCUT2D eigenvalue weighted by molar-refractivity contribution is -0.274. The number of hydrogen-bond donors (Lipinski definition) is 1. The van der Waals surface area contributed by atoms with Crippen molar-refractivity contribution in [2.45, 2.75) is 6.36 Å². The first-order valence-corrected chi connectivity index (χ1v) is 7.39. The van der Waals surface area contributed by atoms with Crippen LogP contribution in [0.15, 0.2) is 42.7 Å². The van der Waals surface area contributed by atoms with Crippen LogP contribution >= 0.6 is 0 Å². The van der Waals surface area contributed by atoms with Crippen LogP contribution in [0.5, 0.6) is 17.2 Å². The molecular weight excluding hydrogens is 351 g/mol. The number of halogens is 3. The lowest BCUT2D eigenvalue weighted by Gasteiger charge is -2.13. The van der Waals surface area contributed by atoms with Crippen LogP contribution in [0.2, 0.25) is 0 Å². The van der Waals surface area contributed by atoms with Crippen LogP contribution in [-0.2, 0) is 0 Å². The number of fused-ring (bicyclic) bond motifs is 1. The van der Waals surface area contributed by atoms with E-state index in [0.29, 0.717) is 33.9 Å². The summed E-state index contributed by atoms with van der Waals surface area (Å²) in [6.07, 6.45) is -3.42. The van der Waals surface area contributed by atoms with E-state index in [1.807, 2.05) is 0 Å². The van der Waals surface area contributed by atoms with Crippen LogP contribution in [0.3, 0.4) is 0 Å². The van der Waals surface area contributed by atoms with Crippen LogP contribution < -0.4 is 19.5 Å². The predicted octanol–water partition coefficient (Wildman–Crippen LogP) is 4.29. The van der Waals surface area contributed by atoms with Gasteiger partial charge in [-0.25, -0.2) is 9.97 Å². The maximum Gasteiger partial charge on any atom is 0.573 e. The first kappa shape index (κ1) is 17.6. The van der Waals surface area contributed by atoms with Gasteiger partial charge in [0, 0.05) is 23.2 Å². The van der Waals surface area contributed by atoms with Crippen LogP contribution in [0, 0.1) is 0 Å². The molecule has 0 amide bonds. The van der Waals surface area contributed by atoms with Crippen LogP contribution in [0.25, 0.3) is 10.9 Å². The Morgan fingerprint density at radius 3 is 2.38 bits per heavy atom. The Hall–Kier alpha value is -3.23. The zero-order chi connectivity index (χ0) is 18.7. The van der Waals surface area contributed by atoms with Gasteiger partial charge in [-0.2, -0.15) is 0 Å². The van der Waals surface area contributed by atoms with Crippen molar-refractivity contribution in [3.05, 3.63) is 42.7 Å². The minimum Gasteiger partial charge on any atom is -0.493 e. The standard InChI is InChI=1S/C17H14F3N3O3/c1-24-14-7-12-13(8-15(14)25-2)21-9-22-16(12)23-10-4-3-5-11(6-10)26-17(18,19)20/h3-9H,1-2H3,(H,21,22,23). The average molecular weight is 365 g/mol. The average Bonchev–Trinajstić information content (AvgIpc) is 2.59. The fourth-order valence-corrected chi connectivity index (χ4v) is 2.39. The smallest absolute Gasteiger partial charge is 0.493 e. The molecule has 0 spiro atoms. The summed E-state index contributed by atoms with van der Waals surface area (Å²) in [5.74, 6) is 1.05. The summed E-state index contributed by atoms with van der Waals surface area (Å²) in [7, 11) is 3.01. The van der Waals surface area contributed by atoms with Crippen molar-refractivity contribution in [3.63, 3.8) is 0 Å². The molecule has 0 saturated carbocycles. The van der Waals surface area contributed by atoms with E-state index in [2.05, 4.69) is 20.0 Å². The molecule has 1 heterocycles. The molecule has 0 unspecified atom stereocenters. The van der Waals surface area contributed by atoms with Crippen LogP contribution in [-0.4, -0.2) is 30.5 Å². The molecule has 2 aromatic carbocycles. The summed E-state index contributed by atoms with van der Waals surface area (Å²) < 4.78 is 51.6. The van der Waals surface area contributed by atoms with E-state index in [1.54, 1.807) is 18.2 Å². The molecule has 0 aliphatic heterocycles. The highest BCUT2D eigenvalue weighted by atomic mass is 19.4. The number of aromatic nitrogens is 2. The van der Waals surface area contributed by atoms with Gasteiger partial charge in [0.2, 0.25) is 0 Å². The van der Waals surface area contributed by atoms with Gasteiger partial charge in [-0.1, -0.05) is 6.07 Å². The molecule has 26 heavy (non-hydrogen) atoms. The molecule has 0 aliphatic carbocycles. The first-order chi connectivity index (χ1) is 12.4. The van der Waals surface area contributed by atoms with E-state index >= 15 is 0 Å². The van der Waals surface area contributed by atoms with Crippen molar-refractivity contribution in [2.24, 2.45) is 0 Å². The largest absolute Gasteiger partial charge is 0.573 e. The highest BCUT2D eigenvalue weighted by Crippen LogP contribution is 2.35. The number of nitrogens with one attached hydrogen (secondary N) is 1. The molecule has 3 rings (SSSR count). The Balaban J connectivity index is 1.97. The molecule has 3 aromatic rings. The van der Waals surface area contributed by atoms with Gasteiger partial charge in [0.25, 0.3) is 0 Å². The normalized spacial score (nSPS) is 11.3. The number of methoxy groups -OCH3 is 2. The fraction of sp³-hybridized carbons (Fsp3) is 0.176. The summed E-state index contributed by atoms with van der Waals surface area (Å²) in [6.45, 7) is 0. The molecule has 136 valence electrons. The molecule has 0 saturated heterocycles. The number of anilines is 2. The van der Waals surface area contributed by atoms with Crippen molar-refractivity contribution in [1.29, 1.82) is 0 Å². The SMILES string of the molecule is COc1cc2ncnc(Nc3cccc(OC(F)(F)F)c3)c2cc1OC. The van der Waals surface area contributed by atoms with Gasteiger partial charge in [0.15, 0.2) is 11.5 Å². The third-order valence-corrected chi connectivity index (χ3v) is 3.47. The van der Waals surface area contributed by atoms with Gasteiger partial charge < -0.3 is 19.5 Å². The van der Waals surface area contributed by atoms with Crippen molar-refractivity contribution >= 4 is 22.4 Å². The third-order valence-electron chi connectivity index (χ3n) is 3.47. The second-order valence-corrected chi connectivity index (χ2v) is 5.15. The Bertz CT molecular complexity index is 932. The van der Waals surface area contributed by atoms with E-state index in [4.69, 9.17) is 9.47 Å². The molecule has 0 fully saturated rings. The van der Waals surface area contributed by atoms with Crippen molar-refractivity contribution < 1.29 is 27.4 Å². The van der Waals surface area contributed by atoms with Gasteiger partial charge in [-0.15, -0.1) is 13.2 Å². The number of rotatable bonds is 5. The predicted molar refractivity (Wildman–Crippen MR) is 89.0 cm³/mol. The number of ether oxygens (including phenoxy) is 3. The second-order valence-electron chi connectivity index (χ2n) is 5.15. The zero-order valence-corrected chi connectivity index (χ0v) is 13.8. The Morgan fingerprint density at radius 1 is 0.962 bits per heavy atom. The minimum atomic E-state index is -4.76. The number of hydrogen-bond acceptors (Lipinski definition) is 6. The van der Waals surface area contributed by atoms with E-state index in [9.17, 15) is 13.2 Å². The van der Waals surface area contributed by atoms with Gasteiger partial charge in [0.05, 0.1) is 19.7 Å². The fourth-order valence-electron chi connectivity index (χ4n) is 2.39. The van der Waals surface area contributed by atoms with Gasteiger partial charge in [-0.05, 0) is 18.2 Å². The monoisotopic (exact) mass is 365 g/mol. The van der Waals surface area contributed by atoms with Crippen molar-refractivity contribution in [3.8, 4) is 17.2 Å². The summed E-state index contributed by atoms with van der Waals surface area (Å²) in [4.78, 5) is 8.33. The molecule has 0 radical (unpaired) electrons. The van der Waals surface area contributed by atoms with E-state index in [1.165, 1.54) is 38.7 Å². The Labute approximate surface area is 146 Å². The van der Waals surface area contributed by atoms with Crippen molar-refractivity contribution in [1.82, 2.24) is 9.97 Å². The molecule has 0 bridgehead atoms. The van der Waals surface area contributed by atoms with E-state index in [-0.39, 0.29) is 5.75 Å². The molecule has 6 nitrogen and oxygen atoms in total. The maximum atomic E-state index is 12.4. The maximum absolute atomic E-state index is 12.4. The van der Waals surface area contributed by atoms with Crippen LogP contribution in [0.4, 0.5) is 24.7 Å². The highest BCUT2D eigenvalue weighted by Gasteiger charge is 2.31. The lowest BCUT2D eigenvalue weighted by atomic mass is 10.2. The molecule has 9 heteroatoms. The third kappa shape index (κ3) is 3.88. The number of nitrogens with zero attached hydrogens (tertiary/aromatic N) is 2. The molecule has 1 N–H and O–H groups in total. The molecule has 1 aromatic heterocycles. The topological polar surface area (TPSA) is 65.5 Å². The van der Waals surface area contributed by atoms with Crippen LogP contribution in [0.1, 0.15) is 0 Å². The Kier molecular flexibility index (Phi) is 4.70. The molecule has 0 aliphatic rings. The minimum absolute atomic E-state index is 0.333. The van der Waals surface area contributed by atoms with Crippen molar-refractivity contribution in [2.75, 3.05) is 19.5 Å². The molecule has 0 atom stereocenters. The van der Waals surface area contributed by atoms with Gasteiger partial charge in [0.1, 0.15) is 17.9 Å². The number of alkyl halides is 3. The second kappa shape index (κ2) is 6.95. The lowest BCUT2D eigenvalue weighted by Crippen LogP contribution is -2.17. The van der Waals surface area contributed by atoms with Gasteiger partial charge >= 0.3 is 6.36 Å². The summed E-state index contributed by atoms with van der Waals surface area (Å²) in [5.41, 5.74) is 0.962. The summed E-state index contributed by atoms with van der Waals surface area (Å²) in [6, 6.07) is 8.85. The first-order valence-electron chi connectivity index (χ1n) is 7.39. The van der Waals surface area contributed by atoms with Gasteiger partial charge in [-0.3, -0.25) is 0 Å². The highest BCUT2D eigenvalue weighted by molar-refractivity contribution is 5.93. The number of benzene rings is 2. The Morgan fingerprint density at radius 2 is 1.69 bits per heavy atom. The summed E-state index contributed by atoms with van der Waals surface area (Å²) in [5, 5.41) is 3.58. The van der Waals surface area contributed by atoms with E-state index in [0.717, 1.165) is 0 Å². The quantitative estimate of drug-likeness (QED) is 0.728. The molecular formula is C17H14F3N3O3. The summed E-state index contributed by atoms with van der Waals surface area (Å²) >= 11 is 0.